The van der Waals surface area contributed by atoms with Crippen molar-refractivity contribution < 1.29 is 14.3 Å². The Hall–Kier alpha value is -0.470. The van der Waals surface area contributed by atoms with Gasteiger partial charge in [0.25, 0.3) is 0 Å². The molecular weight excluding hydrogens is 259 g/mol. The Morgan fingerprint density at radius 1 is 0.789 bits per heavy atom. The van der Waals surface area contributed by atoms with E-state index in [4.69, 9.17) is 14.3 Å². The van der Waals surface area contributed by atoms with Crippen molar-refractivity contribution in [3.05, 3.63) is 35.9 Å². The fraction of sp³-hybridized carbons (Fsp3) is 0.600. The van der Waals surface area contributed by atoms with E-state index in [0.717, 1.165) is 12.8 Å². The number of benzene rings is 1. The highest BCUT2D eigenvalue weighted by Gasteiger charge is 1.98. The summed E-state index contributed by atoms with van der Waals surface area (Å²) in [5.74, 6) is 0. The molecule has 2 N–H and O–H groups in total. The second kappa shape index (κ2) is 11.4. The number of rotatable bonds is 11. The molecule has 0 heterocycles. The van der Waals surface area contributed by atoms with Crippen LogP contribution in [0.3, 0.4) is 0 Å². The fourth-order valence-electron chi connectivity index (χ4n) is 2.11. The minimum absolute atomic E-state index is 0.465. The van der Waals surface area contributed by atoms with Crippen molar-refractivity contribution in [3.63, 3.8) is 0 Å². The van der Waals surface area contributed by atoms with E-state index in [2.05, 4.69) is 30.3 Å². The van der Waals surface area contributed by atoms with Crippen LogP contribution in [0, 0.1) is 0 Å². The maximum absolute atomic E-state index is 8.54. The van der Waals surface area contributed by atoms with Gasteiger partial charge in [-0.3, -0.25) is 0 Å². The third kappa shape index (κ3) is 10.0. The molecular formula is C15H25O3P. The molecule has 0 aliphatic carbocycles. The van der Waals surface area contributed by atoms with Gasteiger partial charge < -0.3 is 14.3 Å². The average Bonchev–Trinajstić information content (AvgIpc) is 2.42. The van der Waals surface area contributed by atoms with Gasteiger partial charge in [-0.25, -0.2) is 0 Å². The molecule has 0 aromatic heterocycles. The van der Waals surface area contributed by atoms with Crippen LogP contribution < -0.4 is 0 Å². The molecule has 0 unspecified atom stereocenters. The summed E-state index contributed by atoms with van der Waals surface area (Å²) in [4.78, 5) is 17.1. The fourth-order valence-corrected chi connectivity index (χ4v) is 2.40. The average molecular weight is 284 g/mol. The van der Waals surface area contributed by atoms with Gasteiger partial charge in [0.15, 0.2) is 0 Å². The first-order chi connectivity index (χ1) is 9.29. The predicted molar refractivity (Wildman–Crippen MR) is 79.8 cm³/mol. The Morgan fingerprint density at radius 3 is 2.00 bits per heavy atom. The zero-order valence-electron chi connectivity index (χ0n) is 11.5. The van der Waals surface area contributed by atoms with Gasteiger partial charge in [-0.15, -0.1) is 0 Å². The molecule has 1 rings (SSSR count). The van der Waals surface area contributed by atoms with E-state index in [1.807, 2.05) is 0 Å². The van der Waals surface area contributed by atoms with Crippen LogP contribution in [0.2, 0.25) is 0 Å². The Bertz CT molecular complexity index is 304. The highest BCUT2D eigenvalue weighted by molar-refractivity contribution is 7.39. The van der Waals surface area contributed by atoms with Gasteiger partial charge in [0, 0.05) is 0 Å². The van der Waals surface area contributed by atoms with Crippen molar-refractivity contribution in [2.45, 2.75) is 51.4 Å². The van der Waals surface area contributed by atoms with Crippen LogP contribution >= 0.6 is 8.60 Å². The highest BCUT2D eigenvalue weighted by Crippen LogP contribution is 2.24. The van der Waals surface area contributed by atoms with Crippen LogP contribution in [0.25, 0.3) is 0 Å². The van der Waals surface area contributed by atoms with Gasteiger partial charge in [-0.05, 0) is 24.8 Å². The molecule has 0 radical (unpaired) electrons. The molecule has 0 aliphatic heterocycles. The number of aryl methyl sites for hydroxylation is 1. The molecule has 0 saturated carbocycles. The van der Waals surface area contributed by atoms with Gasteiger partial charge in [0.05, 0.1) is 6.61 Å². The van der Waals surface area contributed by atoms with Crippen LogP contribution in [0.5, 0.6) is 0 Å². The monoisotopic (exact) mass is 284 g/mol. The summed E-state index contributed by atoms with van der Waals surface area (Å²) in [6, 6.07) is 10.6. The largest absolute Gasteiger partial charge is 0.328 e. The van der Waals surface area contributed by atoms with E-state index in [9.17, 15) is 0 Å². The topological polar surface area (TPSA) is 49.7 Å². The molecule has 0 aliphatic rings. The SMILES string of the molecule is OP(O)OCCCCCCCCCc1ccccc1. The first-order valence-corrected chi connectivity index (χ1v) is 8.30. The van der Waals surface area contributed by atoms with Crippen LogP contribution in [0.1, 0.15) is 50.5 Å². The van der Waals surface area contributed by atoms with E-state index in [1.165, 1.54) is 44.1 Å². The van der Waals surface area contributed by atoms with E-state index in [-0.39, 0.29) is 0 Å². The van der Waals surface area contributed by atoms with Gasteiger partial charge in [-0.2, -0.15) is 0 Å². The second-order valence-electron chi connectivity index (χ2n) is 4.80. The van der Waals surface area contributed by atoms with E-state index in [1.54, 1.807) is 0 Å². The summed E-state index contributed by atoms with van der Waals surface area (Å²) >= 11 is 0. The van der Waals surface area contributed by atoms with Crippen LogP contribution in [-0.2, 0) is 10.9 Å². The molecule has 0 spiro atoms. The normalized spacial score (nSPS) is 11.1. The van der Waals surface area contributed by atoms with E-state index < -0.39 is 8.60 Å². The molecule has 1 aromatic rings. The predicted octanol–water partition coefficient (Wildman–Crippen LogP) is 4.19. The van der Waals surface area contributed by atoms with Gasteiger partial charge >= 0.3 is 8.60 Å². The molecule has 0 fully saturated rings. The van der Waals surface area contributed by atoms with Crippen LogP contribution in [0.15, 0.2) is 30.3 Å². The first-order valence-electron chi connectivity index (χ1n) is 7.14. The van der Waals surface area contributed by atoms with Crippen LogP contribution in [-0.4, -0.2) is 16.4 Å². The Kier molecular flexibility index (Phi) is 9.92. The van der Waals surface area contributed by atoms with Gasteiger partial charge in [0.2, 0.25) is 0 Å². The van der Waals surface area contributed by atoms with E-state index >= 15 is 0 Å². The van der Waals surface area contributed by atoms with Crippen molar-refractivity contribution >= 4 is 8.60 Å². The summed E-state index contributed by atoms with van der Waals surface area (Å²) in [5.41, 5.74) is 1.43. The summed E-state index contributed by atoms with van der Waals surface area (Å²) < 4.78 is 4.71. The molecule has 0 bridgehead atoms. The third-order valence-corrected chi connectivity index (χ3v) is 3.57. The van der Waals surface area contributed by atoms with Crippen molar-refractivity contribution in [1.29, 1.82) is 0 Å². The summed E-state index contributed by atoms with van der Waals surface area (Å²) in [5, 5.41) is 0. The van der Waals surface area contributed by atoms with Crippen LogP contribution in [0.4, 0.5) is 0 Å². The minimum Gasteiger partial charge on any atom is -0.328 e. The summed E-state index contributed by atoms with van der Waals surface area (Å²) in [7, 11) is -2.16. The molecule has 0 amide bonds. The van der Waals surface area contributed by atoms with Crippen molar-refractivity contribution in [1.82, 2.24) is 0 Å². The molecule has 0 saturated heterocycles. The number of hydrogen-bond donors (Lipinski definition) is 2. The minimum atomic E-state index is -2.16. The Morgan fingerprint density at radius 2 is 1.37 bits per heavy atom. The lowest BCUT2D eigenvalue weighted by Gasteiger charge is -2.04. The Balaban J connectivity index is 1.81. The van der Waals surface area contributed by atoms with Crippen molar-refractivity contribution in [3.8, 4) is 0 Å². The number of unbranched alkanes of at least 4 members (excludes halogenated alkanes) is 6. The third-order valence-electron chi connectivity index (χ3n) is 3.16. The highest BCUT2D eigenvalue weighted by atomic mass is 31.2. The first kappa shape index (κ1) is 16.6. The maximum Gasteiger partial charge on any atom is 0.327 e. The van der Waals surface area contributed by atoms with Crippen molar-refractivity contribution in [2.75, 3.05) is 6.61 Å². The lowest BCUT2D eigenvalue weighted by atomic mass is 10.0. The quantitative estimate of drug-likeness (QED) is 0.473. The molecule has 1 aromatic carbocycles. The zero-order chi connectivity index (χ0) is 13.8. The second-order valence-corrected chi connectivity index (χ2v) is 5.56. The summed E-state index contributed by atoms with van der Waals surface area (Å²) in [6.07, 6.45) is 9.55. The molecule has 108 valence electrons. The number of hydrogen-bond acceptors (Lipinski definition) is 3. The van der Waals surface area contributed by atoms with E-state index in [0.29, 0.717) is 6.61 Å². The lowest BCUT2D eigenvalue weighted by molar-refractivity contribution is 0.248. The van der Waals surface area contributed by atoms with Gasteiger partial charge in [0.1, 0.15) is 0 Å². The molecule has 4 heteroatoms. The lowest BCUT2D eigenvalue weighted by Crippen LogP contribution is -1.90. The molecule has 0 atom stereocenters. The molecule has 19 heavy (non-hydrogen) atoms. The standard InChI is InChI=1S/C15H25O3P/c16-19(17)18-14-10-5-3-1-2-4-7-11-15-12-8-6-9-13-15/h6,8-9,12-13,16-17H,1-5,7,10-11,14H2. The molecule has 3 nitrogen and oxygen atoms in total. The zero-order valence-corrected chi connectivity index (χ0v) is 12.4. The maximum atomic E-state index is 8.54. The smallest absolute Gasteiger partial charge is 0.327 e. The Labute approximate surface area is 117 Å². The van der Waals surface area contributed by atoms with Crippen molar-refractivity contribution in [2.24, 2.45) is 0 Å². The summed E-state index contributed by atoms with van der Waals surface area (Å²) in [6.45, 7) is 0.465. The van der Waals surface area contributed by atoms with Gasteiger partial charge in [-0.1, -0.05) is 62.4 Å².